The molecule has 2 N–H and O–H groups in total. The van der Waals surface area contributed by atoms with Crippen molar-refractivity contribution in [2.45, 2.75) is 27.2 Å². The van der Waals surface area contributed by atoms with E-state index in [1.54, 1.807) is 0 Å². The Hall–Kier alpha value is -0.870. The van der Waals surface area contributed by atoms with Crippen molar-refractivity contribution in [1.29, 1.82) is 0 Å². The summed E-state index contributed by atoms with van der Waals surface area (Å²) in [7, 11) is 0. The Kier molecular flexibility index (Phi) is 4.96. The van der Waals surface area contributed by atoms with E-state index in [2.05, 4.69) is 22.2 Å². The third-order valence-electron chi connectivity index (χ3n) is 2.50. The Morgan fingerprint density at radius 1 is 1.31 bits per heavy atom. The van der Waals surface area contributed by atoms with E-state index in [0.717, 1.165) is 24.4 Å². The molecule has 90 valence electrons. The quantitative estimate of drug-likeness (QED) is 0.832. The topological polar surface area (TPSA) is 58.0 Å². The van der Waals surface area contributed by atoms with Gasteiger partial charge < -0.3 is 10.4 Å². The first-order chi connectivity index (χ1) is 7.54. The molecule has 4 nitrogen and oxygen atoms in total. The van der Waals surface area contributed by atoms with Gasteiger partial charge in [0.25, 0.3) is 0 Å². The second-order valence-corrected chi connectivity index (χ2v) is 4.39. The number of aryl methyl sites for hydroxylation is 2. The van der Waals surface area contributed by atoms with Gasteiger partial charge in [-0.2, -0.15) is 0 Å². The van der Waals surface area contributed by atoms with Gasteiger partial charge in [-0.3, -0.25) is 0 Å². The highest BCUT2D eigenvalue weighted by Gasteiger charge is 2.08. The first kappa shape index (κ1) is 13.2. The van der Waals surface area contributed by atoms with Crippen LogP contribution in [0, 0.1) is 19.8 Å². The number of aliphatic hydroxyl groups excluding tert-OH is 1. The van der Waals surface area contributed by atoms with Crippen molar-refractivity contribution >= 4 is 17.4 Å². The van der Waals surface area contributed by atoms with Crippen LogP contribution in [0.5, 0.6) is 0 Å². The molecule has 1 atom stereocenters. The number of rotatable bonds is 5. The number of hydrogen-bond donors (Lipinski definition) is 2. The van der Waals surface area contributed by atoms with Gasteiger partial charge >= 0.3 is 0 Å². The Morgan fingerprint density at radius 3 is 2.56 bits per heavy atom. The maximum atomic E-state index is 8.79. The highest BCUT2D eigenvalue weighted by atomic mass is 35.5. The molecular formula is C11H18ClN3O. The Bertz CT molecular complexity index is 357. The summed E-state index contributed by atoms with van der Waals surface area (Å²) in [6.45, 7) is 6.78. The molecule has 0 saturated heterocycles. The van der Waals surface area contributed by atoms with Crippen LogP contribution in [0.15, 0.2) is 0 Å². The molecule has 0 aliphatic carbocycles. The summed E-state index contributed by atoms with van der Waals surface area (Å²) >= 11 is 5.98. The predicted molar refractivity (Wildman–Crippen MR) is 65.9 cm³/mol. The highest BCUT2D eigenvalue weighted by Crippen LogP contribution is 2.18. The lowest BCUT2D eigenvalue weighted by Crippen LogP contribution is -2.14. The van der Waals surface area contributed by atoms with Crippen LogP contribution in [-0.2, 0) is 0 Å². The van der Waals surface area contributed by atoms with Crippen LogP contribution in [0.3, 0.4) is 0 Å². The number of aromatic nitrogens is 2. The van der Waals surface area contributed by atoms with Gasteiger partial charge in [0.2, 0.25) is 0 Å². The van der Waals surface area contributed by atoms with Crippen LogP contribution >= 0.6 is 11.6 Å². The van der Waals surface area contributed by atoms with Crippen molar-refractivity contribution < 1.29 is 5.11 Å². The number of hydrogen-bond acceptors (Lipinski definition) is 4. The van der Waals surface area contributed by atoms with E-state index in [-0.39, 0.29) is 6.61 Å². The molecule has 0 aliphatic rings. The summed E-state index contributed by atoms with van der Waals surface area (Å²) in [4.78, 5) is 8.52. The molecule has 0 spiro atoms. The molecular weight excluding hydrogens is 226 g/mol. The second-order valence-electron chi connectivity index (χ2n) is 4.03. The maximum Gasteiger partial charge on any atom is 0.171 e. The summed E-state index contributed by atoms with van der Waals surface area (Å²) in [5.74, 6) is 0.999. The van der Waals surface area contributed by atoms with E-state index in [1.807, 2.05) is 13.8 Å². The fourth-order valence-corrected chi connectivity index (χ4v) is 1.52. The summed E-state index contributed by atoms with van der Waals surface area (Å²) in [6.07, 6.45) is 0.767. The molecule has 0 aromatic carbocycles. The lowest BCUT2D eigenvalue weighted by atomic mass is 10.1. The molecule has 0 saturated carbocycles. The summed E-state index contributed by atoms with van der Waals surface area (Å²) in [6, 6.07) is 0. The van der Waals surface area contributed by atoms with Crippen LogP contribution in [-0.4, -0.2) is 28.2 Å². The van der Waals surface area contributed by atoms with Crippen LogP contribution in [0.1, 0.15) is 24.7 Å². The Morgan fingerprint density at radius 2 is 1.94 bits per heavy atom. The molecule has 1 unspecified atom stereocenters. The summed E-state index contributed by atoms with van der Waals surface area (Å²) in [5, 5.41) is 12.3. The van der Waals surface area contributed by atoms with Crippen LogP contribution in [0.25, 0.3) is 0 Å². The van der Waals surface area contributed by atoms with Gasteiger partial charge in [-0.1, -0.05) is 18.5 Å². The minimum absolute atomic E-state index is 0.204. The molecule has 1 aromatic rings. The lowest BCUT2D eigenvalue weighted by molar-refractivity contribution is 0.266. The molecule has 16 heavy (non-hydrogen) atoms. The van der Waals surface area contributed by atoms with Crippen molar-refractivity contribution in [3.05, 3.63) is 16.5 Å². The standard InChI is InChI=1S/C11H18ClN3O/c1-7(4-5-16)6-13-11-10(12)14-8(2)9(3)15-11/h7,16H,4-6H2,1-3H3,(H,13,15). The van der Waals surface area contributed by atoms with Crippen molar-refractivity contribution in [2.75, 3.05) is 18.5 Å². The lowest BCUT2D eigenvalue weighted by Gasteiger charge is -2.13. The van der Waals surface area contributed by atoms with Gasteiger partial charge in [0.1, 0.15) is 0 Å². The molecule has 0 bridgehead atoms. The van der Waals surface area contributed by atoms with E-state index in [1.165, 1.54) is 0 Å². The van der Waals surface area contributed by atoms with E-state index < -0.39 is 0 Å². The monoisotopic (exact) mass is 243 g/mol. The van der Waals surface area contributed by atoms with Crippen LogP contribution in [0.4, 0.5) is 5.82 Å². The van der Waals surface area contributed by atoms with Gasteiger partial charge in [0, 0.05) is 13.2 Å². The number of halogens is 1. The van der Waals surface area contributed by atoms with Gasteiger partial charge in [0.05, 0.1) is 11.4 Å². The fraction of sp³-hybridized carbons (Fsp3) is 0.636. The first-order valence-electron chi connectivity index (χ1n) is 5.40. The zero-order valence-electron chi connectivity index (χ0n) is 9.92. The van der Waals surface area contributed by atoms with Crippen LogP contribution in [0.2, 0.25) is 5.15 Å². The van der Waals surface area contributed by atoms with Crippen molar-refractivity contribution in [3.63, 3.8) is 0 Å². The third kappa shape index (κ3) is 3.61. The Labute approximate surface area is 101 Å². The normalized spacial score (nSPS) is 12.6. The smallest absolute Gasteiger partial charge is 0.171 e. The van der Waals surface area contributed by atoms with E-state index in [9.17, 15) is 0 Å². The maximum absolute atomic E-state index is 8.79. The summed E-state index contributed by atoms with van der Waals surface area (Å²) in [5.41, 5.74) is 1.72. The predicted octanol–water partition coefficient (Wildman–Crippen LogP) is 2.18. The van der Waals surface area contributed by atoms with Crippen molar-refractivity contribution in [3.8, 4) is 0 Å². The minimum Gasteiger partial charge on any atom is -0.396 e. The highest BCUT2D eigenvalue weighted by molar-refractivity contribution is 6.31. The van der Waals surface area contributed by atoms with E-state index >= 15 is 0 Å². The zero-order chi connectivity index (χ0) is 12.1. The molecule has 0 radical (unpaired) electrons. The minimum atomic E-state index is 0.204. The zero-order valence-corrected chi connectivity index (χ0v) is 10.7. The van der Waals surface area contributed by atoms with E-state index in [4.69, 9.17) is 16.7 Å². The number of nitrogens with one attached hydrogen (secondary N) is 1. The molecule has 5 heteroatoms. The van der Waals surface area contributed by atoms with Gasteiger partial charge in [-0.05, 0) is 26.2 Å². The molecule has 1 aromatic heterocycles. The van der Waals surface area contributed by atoms with Gasteiger partial charge in [-0.25, -0.2) is 9.97 Å². The van der Waals surface area contributed by atoms with Crippen LogP contribution < -0.4 is 5.32 Å². The van der Waals surface area contributed by atoms with Gasteiger partial charge in [-0.15, -0.1) is 0 Å². The van der Waals surface area contributed by atoms with Crippen molar-refractivity contribution in [1.82, 2.24) is 9.97 Å². The second kappa shape index (κ2) is 6.01. The number of aliphatic hydroxyl groups is 1. The molecule has 1 heterocycles. The van der Waals surface area contributed by atoms with Gasteiger partial charge in [0.15, 0.2) is 11.0 Å². The van der Waals surface area contributed by atoms with Crippen molar-refractivity contribution in [2.24, 2.45) is 5.92 Å². The molecule has 0 fully saturated rings. The van der Waals surface area contributed by atoms with E-state index in [0.29, 0.717) is 16.9 Å². The molecule has 0 aliphatic heterocycles. The fourth-order valence-electron chi connectivity index (χ4n) is 1.28. The molecule has 1 rings (SSSR count). The Balaban J connectivity index is 2.63. The average Bonchev–Trinajstić information content (AvgIpc) is 2.22. The third-order valence-corrected chi connectivity index (χ3v) is 2.77. The first-order valence-corrected chi connectivity index (χ1v) is 5.78. The summed E-state index contributed by atoms with van der Waals surface area (Å²) < 4.78 is 0. The largest absolute Gasteiger partial charge is 0.396 e. The molecule has 0 amide bonds. The number of anilines is 1. The SMILES string of the molecule is Cc1nc(Cl)c(NCC(C)CCO)nc1C. The average molecular weight is 244 g/mol. The number of nitrogens with zero attached hydrogens (tertiary/aromatic N) is 2.